The summed E-state index contributed by atoms with van der Waals surface area (Å²) < 4.78 is 28.1. The van der Waals surface area contributed by atoms with Gasteiger partial charge in [0.25, 0.3) is 5.56 Å². The predicted octanol–water partition coefficient (Wildman–Crippen LogP) is 2.46. The maximum Gasteiger partial charge on any atom is 0.250 e. The molecule has 0 spiro atoms. The van der Waals surface area contributed by atoms with E-state index in [0.29, 0.717) is 25.6 Å². The third-order valence-corrected chi connectivity index (χ3v) is 6.51. The van der Waals surface area contributed by atoms with Crippen LogP contribution < -0.4 is 5.56 Å². The molecule has 1 aromatic rings. The number of hydrogen-bond acceptors (Lipinski definition) is 3. The molecular weight excluding hydrogens is 300 g/mol. The first-order valence-electron chi connectivity index (χ1n) is 8.19. The largest absolute Gasteiger partial charge is 0.314 e. The lowest BCUT2D eigenvalue weighted by molar-refractivity contribution is 0.315. The van der Waals surface area contributed by atoms with Crippen LogP contribution in [-0.2, 0) is 16.6 Å². The second-order valence-electron chi connectivity index (χ2n) is 5.95. The number of rotatable bonds is 6. The minimum atomic E-state index is -3.51. The van der Waals surface area contributed by atoms with Gasteiger partial charge in [0.05, 0.1) is 4.90 Å². The average molecular weight is 326 g/mol. The minimum absolute atomic E-state index is 0.121. The second kappa shape index (κ2) is 7.42. The Morgan fingerprint density at radius 1 is 1.14 bits per heavy atom. The van der Waals surface area contributed by atoms with E-state index in [1.807, 2.05) is 13.8 Å². The second-order valence-corrected chi connectivity index (χ2v) is 7.89. The van der Waals surface area contributed by atoms with Gasteiger partial charge in [-0.2, -0.15) is 4.31 Å². The van der Waals surface area contributed by atoms with Crippen molar-refractivity contribution in [3.05, 3.63) is 28.7 Å². The maximum absolute atomic E-state index is 12.6. The Bertz CT molecular complexity index is 642. The molecule has 0 aliphatic heterocycles. The van der Waals surface area contributed by atoms with Crippen molar-refractivity contribution in [1.29, 1.82) is 0 Å². The predicted molar refractivity (Wildman–Crippen MR) is 87.4 cm³/mol. The van der Waals surface area contributed by atoms with Crippen LogP contribution in [0.1, 0.15) is 46.0 Å². The van der Waals surface area contributed by atoms with Gasteiger partial charge in [0, 0.05) is 31.9 Å². The number of nitrogens with zero attached hydrogens (tertiary/aromatic N) is 2. The number of sulfonamides is 1. The van der Waals surface area contributed by atoms with Crippen LogP contribution in [-0.4, -0.2) is 30.4 Å². The van der Waals surface area contributed by atoms with E-state index >= 15 is 0 Å². The number of hydrogen-bond donors (Lipinski definition) is 0. The molecule has 1 fully saturated rings. The zero-order chi connectivity index (χ0) is 16.2. The summed E-state index contributed by atoms with van der Waals surface area (Å²) in [5, 5.41) is 0. The topological polar surface area (TPSA) is 59.4 Å². The summed E-state index contributed by atoms with van der Waals surface area (Å²) in [7, 11) is -3.51. The van der Waals surface area contributed by atoms with Gasteiger partial charge in [-0.05, 0) is 24.8 Å². The lowest BCUT2D eigenvalue weighted by atomic mass is 9.89. The maximum atomic E-state index is 12.6. The lowest BCUT2D eigenvalue weighted by Gasteiger charge is -2.23. The van der Waals surface area contributed by atoms with Crippen molar-refractivity contribution in [1.82, 2.24) is 8.87 Å². The van der Waals surface area contributed by atoms with Crippen LogP contribution >= 0.6 is 0 Å². The molecule has 2 rings (SSSR count). The van der Waals surface area contributed by atoms with Crippen molar-refractivity contribution < 1.29 is 8.42 Å². The minimum Gasteiger partial charge on any atom is -0.314 e. The van der Waals surface area contributed by atoms with Crippen LogP contribution in [0.4, 0.5) is 0 Å². The Balaban J connectivity index is 2.28. The molecule has 1 aliphatic rings. The van der Waals surface area contributed by atoms with E-state index in [1.54, 1.807) is 4.57 Å². The van der Waals surface area contributed by atoms with E-state index in [1.165, 1.54) is 41.9 Å². The molecule has 0 bridgehead atoms. The number of aromatic nitrogens is 1. The van der Waals surface area contributed by atoms with Gasteiger partial charge in [-0.25, -0.2) is 8.42 Å². The van der Waals surface area contributed by atoms with Crippen LogP contribution in [0.15, 0.2) is 28.0 Å². The fraction of sp³-hybridized carbons (Fsp3) is 0.688. The third kappa shape index (κ3) is 3.79. The summed E-state index contributed by atoms with van der Waals surface area (Å²) in [6.45, 7) is 5.12. The van der Waals surface area contributed by atoms with Gasteiger partial charge in [-0.1, -0.05) is 33.1 Å². The smallest absolute Gasteiger partial charge is 0.250 e. The molecule has 6 heteroatoms. The first-order valence-corrected chi connectivity index (χ1v) is 9.63. The van der Waals surface area contributed by atoms with E-state index in [2.05, 4.69) is 0 Å². The molecule has 0 amide bonds. The monoisotopic (exact) mass is 326 g/mol. The molecule has 0 N–H and O–H groups in total. The quantitative estimate of drug-likeness (QED) is 0.807. The third-order valence-electron chi connectivity index (χ3n) is 4.48. The van der Waals surface area contributed by atoms with E-state index in [9.17, 15) is 13.2 Å². The molecular formula is C16H26N2O3S. The van der Waals surface area contributed by atoms with Gasteiger partial charge in [0.1, 0.15) is 0 Å². The Morgan fingerprint density at radius 3 is 2.36 bits per heavy atom. The Hall–Kier alpha value is -1.14. The summed E-state index contributed by atoms with van der Waals surface area (Å²) in [4.78, 5) is 12.2. The highest BCUT2D eigenvalue weighted by Crippen LogP contribution is 2.25. The summed E-state index contributed by atoms with van der Waals surface area (Å²) in [5.41, 5.74) is -0.121. The lowest BCUT2D eigenvalue weighted by Crippen LogP contribution is -2.32. The highest BCUT2D eigenvalue weighted by Gasteiger charge is 2.23. The molecule has 0 atom stereocenters. The molecule has 1 saturated carbocycles. The van der Waals surface area contributed by atoms with E-state index in [0.717, 1.165) is 12.8 Å². The van der Waals surface area contributed by atoms with Crippen molar-refractivity contribution in [2.24, 2.45) is 5.92 Å². The van der Waals surface area contributed by atoms with E-state index in [-0.39, 0.29) is 10.5 Å². The van der Waals surface area contributed by atoms with Crippen LogP contribution in [0.5, 0.6) is 0 Å². The Labute approximate surface area is 133 Å². The molecule has 124 valence electrons. The zero-order valence-corrected chi connectivity index (χ0v) is 14.3. The van der Waals surface area contributed by atoms with Crippen LogP contribution in [0.2, 0.25) is 0 Å². The van der Waals surface area contributed by atoms with Crippen molar-refractivity contribution in [3.63, 3.8) is 0 Å². The molecule has 22 heavy (non-hydrogen) atoms. The summed E-state index contributed by atoms with van der Waals surface area (Å²) in [6.07, 6.45) is 7.44. The van der Waals surface area contributed by atoms with Crippen molar-refractivity contribution >= 4 is 10.0 Å². The summed E-state index contributed by atoms with van der Waals surface area (Å²) in [5.74, 6) is 0.484. The highest BCUT2D eigenvalue weighted by molar-refractivity contribution is 7.89. The molecule has 1 aromatic heterocycles. The van der Waals surface area contributed by atoms with Crippen LogP contribution in [0, 0.1) is 5.92 Å². The standard InChI is InChI=1S/C16H26N2O3S/c1-3-18(4-2)22(20,21)15-10-11-16(19)17(13-15)12-14-8-6-5-7-9-14/h10-11,13-14H,3-9,12H2,1-2H3. The van der Waals surface area contributed by atoms with Crippen LogP contribution in [0.25, 0.3) is 0 Å². The SMILES string of the molecule is CCN(CC)S(=O)(=O)c1ccc(=O)n(CC2CCCCC2)c1. The Kier molecular flexibility index (Phi) is 5.81. The summed E-state index contributed by atoms with van der Waals surface area (Å²) >= 11 is 0. The normalized spacial score (nSPS) is 17.0. The first-order chi connectivity index (χ1) is 10.5. The molecule has 1 heterocycles. The van der Waals surface area contributed by atoms with Crippen LogP contribution in [0.3, 0.4) is 0 Å². The van der Waals surface area contributed by atoms with Crippen molar-refractivity contribution in [3.8, 4) is 0 Å². The fourth-order valence-electron chi connectivity index (χ4n) is 3.17. The molecule has 1 aliphatic carbocycles. The molecule has 0 radical (unpaired) electrons. The van der Waals surface area contributed by atoms with Gasteiger partial charge in [-0.3, -0.25) is 4.79 Å². The van der Waals surface area contributed by atoms with Gasteiger partial charge in [0.15, 0.2) is 0 Å². The Morgan fingerprint density at radius 2 is 1.77 bits per heavy atom. The molecule has 0 saturated heterocycles. The molecule has 0 aromatic carbocycles. The number of pyridine rings is 1. The van der Waals surface area contributed by atoms with Gasteiger partial charge < -0.3 is 4.57 Å². The van der Waals surface area contributed by atoms with Gasteiger partial charge >= 0.3 is 0 Å². The van der Waals surface area contributed by atoms with Gasteiger partial charge in [-0.15, -0.1) is 0 Å². The van der Waals surface area contributed by atoms with Crippen molar-refractivity contribution in [2.75, 3.05) is 13.1 Å². The highest BCUT2D eigenvalue weighted by atomic mass is 32.2. The van der Waals surface area contributed by atoms with Gasteiger partial charge in [0.2, 0.25) is 10.0 Å². The summed E-state index contributed by atoms with van der Waals surface area (Å²) in [6, 6.07) is 2.80. The van der Waals surface area contributed by atoms with Crippen molar-refractivity contribution in [2.45, 2.75) is 57.4 Å². The molecule has 5 nitrogen and oxygen atoms in total. The fourth-order valence-corrected chi connectivity index (χ4v) is 4.64. The zero-order valence-electron chi connectivity index (χ0n) is 13.5. The van der Waals surface area contributed by atoms with E-state index < -0.39 is 10.0 Å². The molecule has 0 unspecified atom stereocenters. The first kappa shape index (κ1) is 17.2. The average Bonchev–Trinajstić information content (AvgIpc) is 2.51. The van der Waals surface area contributed by atoms with E-state index in [4.69, 9.17) is 0 Å².